The second-order valence-electron chi connectivity index (χ2n) is 4.04. The third kappa shape index (κ3) is 10.5. The van der Waals surface area contributed by atoms with E-state index >= 15 is 0 Å². The van der Waals surface area contributed by atoms with Gasteiger partial charge in [-0.25, -0.2) is 0 Å². The molecule has 1 aromatic rings. The number of aliphatic imine (C=N–C) groups is 1. The number of methoxy groups -OCH3 is 1. The Balaban J connectivity index is 0.00000400. The first-order valence-electron chi connectivity index (χ1n) is 6.50. The predicted molar refractivity (Wildman–Crippen MR) is 103 cm³/mol. The maximum Gasteiger partial charge on any atom is 0.191 e. The normalized spacial score (nSPS) is 11.1. The molecule has 2 N–H and O–H groups in total. The van der Waals surface area contributed by atoms with E-state index in [0.29, 0.717) is 13.2 Å². The molecule has 0 aliphatic rings. The van der Waals surface area contributed by atoms with Gasteiger partial charge < -0.3 is 20.1 Å². The highest BCUT2D eigenvalue weighted by molar-refractivity contribution is 14.0. The van der Waals surface area contributed by atoms with Crippen molar-refractivity contribution in [2.75, 3.05) is 40.5 Å². The van der Waals surface area contributed by atoms with E-state index in [-0.39, 0.29) is 24.0 Å². The van der Waals surface area contributed by atoms with E-state index in [2.05, 4.69) is 43.0 Å². The summed E-state index contributed by atoms with van der Waals surface area (Å²) in [5.74, 6) is 0.811. The van der Waals surface area contributed by atoms with Crippen LogP contribution in [0.15, 0.2) is 20.9 Å². The van der Waals surface area contributed by atoms with Gasteiger partial charge in [0.15, 0.2) is 5.96 Å². The van der Waals surface area contributed by atoms with Gasteiger partial charge in [0.1, 0.15) is 0 Å². The van der Waals surface area contributed by atoms with Crippen LogP contribution >= 0.6 is 51.2 Å². The van der Waals surface area contributed by atoms with Crippen molar-refractivity contribution in [1.29, 1.82) is 0 Å². The van der Waals surface area contributed by atoms with Crippen LogP contribution in [0.25, 0.3) is 0 Å². The molecule has 0 radical (unpaired) electrons. The summed E-state index contributed by atoms with van der Waals surface area (Å²) in [7, 11) is 3.45. The summed E-state index contributed by atoms with van der Waals surface area (Å²) in [5.41, 5.74) is 0. The van der Waals surface area contributed by atoms with Gasteiger partial charge in [-0.1, -0.05) is 0 Å². The Bertz CT molecular complexity index is 405. The number of hydrogen-bond acceptors (Lipinski definition) is 4. The van der Waals surface area contributed by atoms with Crippen molar-refractivity contribution in [3.8, 4) is 0 Å². The fraction of sp³-hybridized carbons (Fsp3) is 0.615. The first-order chi connectivity index (χ1) is 9.76. The van der Waals surface area contributed by atoms with Gasteiger partial charge >= 0.3 is 0 Å². The van der Waals surface area contributed by atoms with Crippen LogP contribution in [0.3, 0.4) is 0 Å². The molecule has 0 saturated carbocycles. The van der Waals surface area contributed by atoms with E-state index in [1.165, 1.54) is 4.88 Å². The van der Waals surface area contributed by atoms with Gasteiger partial charge in [0.25, 0.3) is 0 Å². The van der Waals surface area contributed by atoms with E-state index in [1.54, 1.807) is 25.5 Å². The van der Waals surface area contributed by atoms with Gasteiger partial charge in [-0.05, 0) is 28.4 Å². The largest absolute Gasteiger partial charge is 0.382 e. The molecule has 1 heterocycles. The van der Waals surface area contributed by atoms with E-state index in [4.69, 9.17) is 9.47 Å². The monoisotopic (exact) mass is 491 g/mol. The third-order valence-electron chi connectivity index (χ3n) is 2.47. The lowest BCUT2D eigenvalue weighted by Gasteiger charge is -2.11. The molecule has 0 aromatic carbocycles. The topological polar surface area (TPSA) is 54.9 Å². The predicted octanol–water partition coefficient (Wildman–Crippen LogP) is 2.85. The van der Waals surface area contributed by atoms with Crippen LogP contribution in [0.2, 0.25) is 0 Å². The Morgan fingerprint density at radius 3 is 2.76 bits per heavy atom. The molecule has 0 atom stereocenters. The van der Waals surface area contributed by atoms with Crippen LogP contribution in [-0.4, -0.2) is 46.5 Å². The highest BCUT2D eigenvalue weighted by atomic mass is 127. The fourth-order valence-electron chi connectivity index (χ4n) is 1.46. The third-order valence-corrected chi connectivity index (χ3v) is 4.16. The lowest BCUT2D eigenvalue weighted by atomic mass is 10.4. The van der Waals surface area contributed by atoms with E-state index in [1.807, 2.05) is 0 Å². The van der Waals surface area contributed by atoms with E-state index in [9.17, 15) is 0 Å². The number of nitrogens with zero attached hydrogens (tertiary/aromatic N) is 1. The molecule has 0 aliphatic heterocycles. The highest BCUT2D eigenvalue weighted by Crippen LogP contribution is 2.19. The summed E-state index contributed by atoms with van der Waals surface area (Å²) >= 11 is 5.16. The molecule has 0 amide bonds. The maximum absolute atomic E-state index is 5.39. The maximum atomic E-state index is 5.39. The van der Waals surface area contributed by atoms with Crippen molar-refractivity contribution < 1.29 is 9.47 Å². The van der Waals surface area contributed by atoms with Crippen LogP contribution in [0.1, 0.15) is 11.3 Å². The van der Waals surface area contributed by atoms with Crippen molar-refractivity contribution in [3.63, 3.8) is 0 Å². The quantitative estimate of drug-likeness (QED) is 0.241. The molecule has 0 aliphatic carbocycles. The first-order valence-corrected chi connectivity index (χ1v) is 8.17. The number of halogens is 2. The summed E-state index contributed by atoms with van der Waals surface area (Å²) in [6.45, 7) is 3.63. The molecule has 122 valence electrons. The van der Waals surface area contributed by atoms with Crippen LogP contribution in [0, 0.1) is 0 Å². The number of ether oxygens (including phenoxy) is 2. The number of guanidine groups is 1. The van der Waals surface area contributed by atoms with Gasteiger partial charge in [-0.3, -0.25) is 4.99 Å². The molecule has 0 bridgehead atoms. The Morgan fingerprint density at radius 1 is 1.33 bits per heavy atom. The van der Waals surface area contributed by atoms with Gasteiger partial charge in [-0.15, -0.1) is 35.3 Å². The molecule has 1 rings (SSSR count). The first kappa shape index (κ1) is 21.1. The molecule has 5 nitrogen and oxygen atoms in total. The Hall–Kier alpha value is 0.1000. The second kappa shape index (κ2) is 13.7. The van der Waals surface area contributed by atoms with Crippen molar-refractivity contribution in [3.05, 3.63) is 20.8 Å². The molecule has 0 fully saturated rings. The zero-order chi connectivity index (χ0) is 14.6. The lowest BCUT2D eigenvalue weighted by Crippen LogP contribution is -2.37. The van der Waals surface area contributed by atoms with Gasteiger partial charge in [-0.2, -0.15) is 0 Å². The van der Waals surface area contributed by atoms with Crippen LogP contribution in [0.5, 0.6) is 0 Å². The lowest BCUT2D eigenvalue weighted by molar-refractivity contribution is 0.0698. The summed E-state index contributed by atoms with van der Waals surface area (Å²) in [6.07, 6.45) is 0.939. The van der Waals surface area contributed by atoms with Crippen LogP contribution < -0.4 is 10.6 Å². The Kier molecular flexibility index (Phi) is 13.8. The summed E-state index contributed by atoms with van der Waals surface area (Å²) in [6, 6.07) is 2.11. The Labute approximate surface area is 156 Å². The van der Waals surface area contributed by atoms with E-state index < -0.39 is 0 Å². The van der Waals surface area contributed by atoms with E-state index in [0.717, 1.165) is 36.5 Å². The number of hydrogen-bond donors (Lipinski definition) is 2. The molecular formula is C13H23BrIN3O2S. The van der Waals surface area contributed by atoms with Crippen molar-refractivity contribution >= 4 is 57.2 Å². The average molecular weight is 492 g/mol. The minimum atomic E-state index is 0. The summed E-state index contributed by atoms with van der Waals surface area (Å²) in [5, 5.41) is 8.61. The zero-order valence-electron chi connectivity index (χ0n) is 12.4. The van der Waals surface area contributed by atoms with Gasteiger partial charge in [0, 0.05) is 42.0 Å². The van der Waals surface area contributed by atoms with Crippen molar-refractivity contribution in [2.24, 2.45) is 4.99 Å². The number of thiophene rings is 1. The zero-order valence-corrected chi connectivity index (χ0v) is 17.1. The molecular weight excluding hydrogens is 469 g/mol. The number of rotatable bonds is 9. The van der Waals surface area contributed by atoms with Crippen LogP contribution in [-0.2, 0) is 16.0 Å². The molecule has 8 heteroatoms. The van der Waals surface area contributed by atoms with Crippen LogP contribution in [0.4, 0.5) is 0 Å². The fourth-order valence-corrected chi connectivity index (χ4v) is 2.85. The molecule has 21 heavy (non-hydrogen) atoms. The molecule has 0 spiro atoms. The SMILES string of the molecule is CN=C(NCCCOCCOC)NCc1cc(Br)cs1.I. The van der Waals surface area contributed by atoms with Crippen molar-refractivity contribution in [2.45, 2.75) is 13.0 Å². The Morgan fingerprint density at radius 2 is 2.14 bits per heavy atom. The highest BCUT2D eigenvalue weighted by Gasteiger charge is 2.00. The number of nitrogens with one attached hydrogen (secondary N) is 2. The average Bonchev–Trinajstić information content (AvgIpc) is 2.87. The smallest absolute Gasteiger partial charge is 0.191 e. The molecule has 0 unspecified atom stereocenters. The van der Waals surface area contributed by atoms with Gasteiger partial charge in [0.05, 0.1) is 19.8 Å². The second-order valence-corrected chi connectivity index (χ2v) is 5.95. The summed E-state index contributed by atoms with van der Waals surface area (Å²) < 4.78 is 11.4. The summed E-state index contributed by atoms with van der Waals surface area (Å²) in [4.78, 5) is 5.45. The van der Waals surface area contributed by atoms with Gasteiger partial charge in [0.2, 0.25) is 0 Å². The standard InChI is InChI=1S/C13H22BrN3O2S.HI/c1-15-13(16-4-3-5-19-7-6-18-2)17-9-12-8-11(14)10-20-12;/h8,10H,3-7,9H2,1-2H3,(H2,15,16,17);1H. The van der Waals surface area contributed by atoms with Crippen molar-refractivity contribution in [1.82, 2.24) is 10.6 Å². The minimum Gasteiger partial charge on any atom is -0.382 e. The minimum absolute atomic E-state index is 0. The molecule has 0 saturated heterocycles. The molecule has 1 aromatic heterocycles.